The van der Waals surface area contributed by atoms with Crippen molar-refractivity contribution in [1.29, 1.82) is 0 Å². The van der Waals surface area contributed by atoms with Crippen LogP contribution < -0.4 is 0 Å². The lowest BCUT2D eigenvalue weighted by Crippen LogP contribution is -1.96. The molecule has 302 valence electrons. The number of hydrogen-bond donors (Lipinski definition) is 0. The van der Waals surface area contributed by atoms with Crippen LogP contribution in [0.2, 0.25) is 0 Å². The lowest BCUT2D eigenvalue weighted by molar-refractivity contribution is 1.17. The lowest BCUT2D eigenvalue weighted by Gasteiger charge is -2.12. The Bertz CT molecular complexity index is 4220. The van der Waals surface area contributed by atoms with E-state index in [1.807, 2.05) is 0 Å². The van der Waals surface area contributed by atoms with Crippen molar-refractivity contribution in [3.63, 3.8) is 0 Å². The molecule has 0 atom stereocenters. The highest BCUT2D eigenvalue weighted by Gasteiger charge is 2.20. The van der Waals surface area contributed by atoms with Crippen molar-refractivity contribution in [2.45, 2.75) is 0 Å². The number of rotatable bonds is 5. The molecule has 0 saturated carbocycles. The molecule has 0 fully saturated rings. The van der Waals surface area contributed by atoms with Gasteiger partial charge in [-0.2, -0.15) is 0 Å². The molecule has 3 heterocycles. The molecule has 0 amide bonds. The van der Waals surface area contributed by atoms with E-state index in [1.165, 1.54) is 115 Å². The fraction of sp³-hybridized carbons (Fsp3) is 0. The monoisotopic (exact) mass is 825 g/mol. The highest BCUT2D eigenvalue weighted by molar-refractivity contribution is 6.20. The van der Waals surface area contributed by atoms with Gasteiger partial charge >= 0.3 is 0 Å². The molecule has 0 spiro atoms. The first-order valence-electron chi connectivity index (χ1n) is 22.4. The first kappa shape index (κ1) is 35.9. The van der Waals surface area contributed by atoms with Crippen LogP contribution >= 0.6 is 0 Å². The summed E-state index contributed by atoms with van der Waals surface area (Å²) in [7, 11) is 0. The van der Waals surface area contributed by atoms with E-state index in [-0.39, 0.29) is 0 Å². The summed E-state index contributed by atoms with van der Waals surface area (Å²) in [5.41, 5.74) is 15.4. The van der Waals surface area contributed by atoms with E-state index in [0.717, 1.165) is 11.4 Å². The van der Waals surface area contributed by atoms with Crippen LogP contribution in [0.15, 0.2) is 237 Å². The van der Waals surface area contributed by atoms with Crippen LogP contribution in [0.25, 0.3) is 126 Å². The minimum atomic E-state index is 1.14. The van der Waals surface area contributed by atoms with Gasteiger partial charge in [0.15, 0.2) is 0 Å². The molecule has 0 bridgehead atoms. The number of nitrogens with zero attached hydrogens (tertiary/aromatic N) is 3. The molecule has 0 aliphatic carbocycles. The van der Waals surface area contributed by atoms with Gasteiger partial charge in [0.2, 0.25) is 0 Å². The van der Waals surface area contributed by atoms with Crippen LogP contribution in [0.4, 0.5) is 0 Å². The largest absolute Gasteiger partial charge is 0.309 e. The quantitative estimate of drug-likeness (QED) is 0.164. The normalized spacial score (nSPS) is 12.0. The summed E-state index contributed by atoms with van der Waals surface area (Å²) in [5, 5.41) is 12.4. The van der Waals surface area contributed by atoms with Crippen molar-refractivity contribution >= 4 is 87.0 Å². The maximum Gasteiger partial charge on any atom is 0.0562 e. The summed E-state index contributed by atoms with van der Waals surface area (Å²) in [6.07, 6.45) is 0. The zero-order chi connectivity index (χ0) is 42.6. The number of para-hydroxylation sites is 2. The fourth-order valence-electron chi connectivity index (χ4n) is 10.7. The predicted octanol–water partition coefficient (Wildman–Crippen LogP) is 16.6. The Balaban J connectivity index is 0.994. The average Bonchev–Trinajstić information content (AvgIpc) is 4.00. The number of aromatic nitrogens is 3. The molecule has 0 saturated heterocycles. The zero-order valence-corrected chi connectivity index (χ0v) is 35.4. The van der Waals surface area contributed by atoms with E-state index >= 15 is 0 Å². The number of fused-ring (bicyclic) bond motifs is 11. The molecular formula is C62H39N3. The van der Waals surface area contributed by atoms with Crippen LogP contribution in [-0.2, 0) is 0 Å². The SMILES string of the molecule is c1ccc(-c2ccc(-n3c4ccccc4c4cc5c6cc(-c7ccc8c(c7)c7ccccc7n8-c7ccc8ccccc8c7)ccc6n(-c6ccc7ccccc7c6)c5cc43)cc2)cc1. The van der Waals surface area contributed by atoms with Crippen molar-refractivity contribution in [1.82, 2.24) is 13.7 Å². The molecule has 3 heteroatoms. The Morgan fingerprint density at radius 2 is 0.569 bits per heavy atom. The molecule has 0 aliphatic rings. The van der Waals surface area contributed by atoms with E-state index in [2.05, 4.69) is 250 Å². The van der Waals surface area contributed by atoms with E-state index in [0.29, 0.717) is 0 Å². The average molecular weight is 826 g/mol. The Morgan fingerprint density at radius 3 is 1.15 bits per heavy atom. The summed E-state index contributed by atoms with van der Waals surface area (Å²) in [4.78, 5) is 0. The second-order valence-electron chi connectivity index (χ2n) is 17.4. The molecular weight excluding hydrogens is 787 g/mol. The smallest absolute Gasteiger partial charge is 0.0562 e. The molecule has 14 aromatic rings. The molecule has 0 unspecified atom stereocenters. The van der Waals surface area contributed by atoms with Gasteiger partial charge in [0.05, 0.1) is 33.1 Å². The van der Waals surface area contributed by atoms with E-state index in [1.54, 1.807) is 0 Å². The second kappa shape index (κ2) is 13.9. The Labute approximate surface area is 374 Å². The van der Waals surface area contributed by atoms with Crippen molar-refractivity contribution in [3.05, 3.63) is 237 Å². The molecule has 0 radical (unpaired) electrons. The maximum absolute atomic E-state index is 2.47. The highest BCUT2D eigenvalue weighted by atomic mass is 15.0. The predicted molar refractivity (Wildman–Crippen MR) is 275 cm³/mol. The number of hydrogen-bond acceptors (Lipinski definition) is 0. The summed E-state index contributed by atoms with van der Waals surface area (Å²) in [6.45, 7) is 0. The third-order valence-corrected chi connectivity index (χ3v) is 13.8. The minimum absolute atomic E-state index is 1.14. The van der Waals surface area contributed by atoms with E-state index in [4.69, 9.17) is 0 Å². The second-order valence-corrected chi connectivity index (χ2v) is 17.4. The Kier molecular flexibility index (Phi) is 7.69. The number of benzene rings is 11. The molecule has 11 aromatic carbocycles. The van der Waals surface area contributed by atoms with Crippen LogP contribution in [-0.4, -0.2) is 13.7 Å². The maximum atomic E-state index is 2.47. The molecule has 14 rings (SSSR count). The van der Waals surface area contributed by atoms with Gasteiger partial charge in [-0.15, -0.1) is 0 Å². The van der Waals surface area contributed by atoms with Gasteiger partial charge < -0.3 is 13.7 Å². The molecule has 0 N–H and O–H groups in total. The third kappa shape index (κ3) is 5.49. The Morgan fingerprint density at radius 1 is 0.185 bits per heavy atom. The van der Waals surface area contributed by atoms with Gasteiger partial charge in [-0.1, -0.05) is 152 Å². The van der Waals surface area contributed by atoms with Crippen LogP contribution in [0.5, 0.6) is 0 Å². The molecule has 3 aromatic heterocycles. The van der Waals surface area contributed by atoms with Gasteiger partial charge in [0.1, 0.15) is 0 Å². The zero-order valence-electron chi connectivity index (χ0n) is 35.4. The first-order chi connectivity index (χ1) is 32.2. The Hall–Kier alpha value is -8.66. The summed E-state index contributed by atoms with van der Waals surface area (Å²) in [6, 6.07) is 87.2. The summed E-state index contributed by atoms with van der Waals surface area (Å²) in [5.74, 6) is 0. The summed E-state index contributed by atoms with van der Waals surface area (Å²) < 4.78 is 7.33. The van der Waals surface area contributed by atoms with E-state index in [9.17, 15) is 0 Å². The van der Waals surface area contributed by atoms with Gasteiger partial charge in [-0.25, -0.2) is 0 Å². The lowest BCUT2D eigenvalue weighted by atomic mass is 10.00. The molecule has 65 heavy (non-hydrogen) atoms. The van der Waals surface area contributed by atoms with Crippen molar-refractivity contribution in [3.8, 4) is 39.3 Å². The summed E-state index contributed by atoms with van der Waals surface area (Å²) >= 11 is 0. The standard InChI is InChI=1S/C62H39N3/c1-2-12-40(13-3-1)43-22-28-48(29-23-43)63-57-20-10-9-19-52(57)55-38-56-54-37-47(27-33-60(54)65(62(56)39-61(55)63)50-31-25-42-15-5-7-17-45(42)35-50)46-26-32-59-53(36-46)51-18-8-11-21-58(51)64(59)49-30-24-41-14-4-6-16-44(41)34-49/h1-39H. The van der Waals surface area contributed by atoms with Gasteiger partial charge in [-0.3, -0.25) is 0 Å². The topological polar surface area (TPSA) is 14.8 Å². The van der Waals surface area contributed by atoms with E-state index < -0.39 is 0 Å². The van der Waals surface area contributed by atoms with Gasteiger partial charge in [-0.05, 0) is 129 Å². The minimum Gasteiger partial charge on any atom is -0.309 e. The van der Waals surface area contributed by atoms with Crippen LogP contribution in [0.3, 0.4) is 0 Å². The van der Waals surface area contributed by atoms with Crippen molar-refractivity contribution < 1.29 is 0 Å². The van der Waals surface area contributed by atoms with Gasteiger partial charge in [0, 0.05) is 49.4 Å². The van der Waals surface area contributed by atoms with Crippen molar-refractivity contribution in [2.75, 3.05) is 0 Å². The van der Waals surface area contributed by atoms with Crippen LogP contribution in [0.1, 0.15) is 0 Å². The fourth-order valence-corrected chi connectivity index (χ4v) is 10.7. The highest BCUT2D eigenvalue weighted by Crippen LogP contribution is 2.42. The first-order valence-corrected chi connectivity index (χ1v) is 22.4. The van der Waals surface area contributed by atoms with Crippen LogP contribution in [0, 0.1) is 0 Å². The van der Waals surface area contributed by atoms with Crippen molar-refractivity contribution in [2.24, 2.45) is 0 Å². The molecule has 0 aliphatic heterocycles. The molecule has 3 nitrogen and oxygen atoms in total. The van der Waals surface area contributed by atoms with Gasteiger partial charge in [0.25, 0.3) is 0 Å². The third-order valence-electron chi connectivity index (χ3n) is 13.8.